The number of carbonyl (C=O) groups excluding carboxylic acids is 4. The first kappa shape index (κ1) is 70.4. The predicted octanol–water partition coefficient (Wildman–Crippen LogP) is 12.4. The molecular formula is C71H92O18. The molecule has 6 rings (SSSR count). The Balaban J connectivity index is 1.26. The Hall–Kier alpha value is -7.64. The van der Waals surface area contributed by atoms with Gasteiger partial charge in [-0.1, -0.05) is 116 Å². The van der Waals surface area contributed by atoms with Crippen LogP contribution in [0.3, 0.4) is 0 Å². The van der Waals surface area contributed by atoms with Crippen LogP contribution >= 0.6 is 0 Å². The number of aliphatic hydroxyl groups excluding tert-OH is 4. The summed E-state index contributed by atoms with van der Waals surface area (Å²) in [6.45, 7) is 7.27. The maximum absolute atomic E-state index is 13.1. The highest BCUT2D eigenvalue weighted by Gasteiger charge is 2.22. The van der Waals surface area contributed by atoms with Crippen LogP contribution in [-0.2, 0) is 35.0 Å². The molecule has 18 heteroatoms. The van der Waals surface area contributed by atoms with Crippen LogP contribution in [0.4, 0.5) is 0 Å². The molecule has 4 N–H and O–H groups in total. The Morgan fingerprint density at radius 3 is 1.07 bits per heavy atom. The molecule has 0 spiro atoms. The molecule has 0 aliphatic carbocycles. The number of unbranched alkanes of at least 4 members (excludes halogenated alkanes) is 10. The van der Waals surface area contributed by atoms with Crippen LogP contribution in [0.15, 0.2) is 109 Å². The van der Waals surface area contributed by atoms with Crippen molar-refractivity contribution in [3.63, 3.8) is 0 Å². The Labute approximate surface area is 523 Å². The monoisotopic (exact) mass is 1230 g/mol. The molecule has 4 atom stereocenters. The zero-order chi connectivity index (χ0) is 63.6. The normalized spacial score (nSPS) is 12.6. The van der Waals surface area contributed by atoms with Gasteiger partial charge in [-0.3, -0.25) is 9.59 Å². The quantitative estimate of drug-likeness (QED) is 0.0158. The van der Waals surface area contributed by atoms with Crippen molar-refractivity contribution in [2.75, 3.05) is 66.1 Å². The molecule has 6 aromatic rings. The molecule has 0 aliphatic heterocycles. The first-order valence-corrected chi connectivity index (χ1v) is 31.7. The number of carbonyl (C=O) groups is 4. The summed E-state index contributed by atoms with van der Waals surface area (Å²) < 4.78 is 58.4. The van der Waals surface area contributed by atoms with Crippen molar-refractivity contribution in [3.8, 4) is 34.5 Å². The molecular weight excluding hydrogens is 1140 g/mol. The SMILES string of the molecule is CCCCCCCC(=O)OCC(O)COc1ccc2ccc(OCC(O)COC(=O)CCCCCCC)c(Cc3c(OCC(O)COC(=O)c4ccc(OCCCC)cc4)ccc4ccc(OCC(O)COC(=O)c5ccc(OCCCC)cc5)cc34)c2c1. The van der Waals surface area contributed by atoms with Gasteiger partial charge in [0.25, 0.3) is 0 Å². The topological polar surface area (TPSA) is 241 Å². The molecule has 0 radical (unpaired) electrons. The first-order valence-electron chi connectivity index (χ1n) is 31.7. The van der Waals surface area contributed by atoms with E-state index in [-0.39, 0.29) is 83.7 Å². The molecule has 6 aromatic carbocycles. The zero-order valence-corrected chi connectivity index (χ0v) is 52.3. The second-order valence-electron chi connectivity index (χ2n) is 22.2. The van der Waals surface area contributed by atoms with Gasteiger partial charge in [0, 0.05) is 30.4 Å². The summed E-state index contributed by atoms with van der Waals surface area (Å²) in [7, 11) is 0. The third kappa shape index (κ3) is 25.0. The van der Waals surface area contributed by atoms with E-state index in [4.69, 9.17) is 47.4 Å². The van der Waals surface area contributed by atoms with Crippen molar-refractivity contribution < 1.29 is 87.0 Å². The fourth-order valence-corrected chi connectivity index (χ4v) is 9.44. The standard InChI is InChI=1S/C71H92O18/c1-5-9-13-15-17-19-68(76)86-46-54(72)42-82-60-33-21-50-27-35-66(84-44-56(74)47-87-69(77)20-18-16-14-10-6-2)64(62(50)39-60)41-65-63-40-61(83-43-55(73)48-88-70(78)52-23-29-58(30-24-52)80-37-11-7-3)34-22-51(63)28-36-67(65)85-45-57(75)49-89-71(79)53-25-31-59(32-26-53)81-38-12-8-4/h21-36,39-40,54-57,72-75H,5-20,37-38,41-49H2,1-4H3. The first-order chi connectivity index (χ1) is 43.3. The highest BCUT2D eigenvalue weighted by atomic mass is 16.6. The van der Waals surface area contributed by atoms with Crippen molar-refractivity contribution >= 4 is 45.4 Å². The summed E-state index contributed by atoms with van der Waals surface area (Å²) >= 11 is 0. The summed E-state index contributed by atoms with van der Waals surface area (Å²) in [6.07, 6.45) is 9.30. The number of hydrogen-bond acceptors (Lipinski definition) is 18. The maximum Gasteiger partial charge on any atom is 0.338 e. The summed E-state index contributed by atoms with van der Waals surface area (Å²) in [5.41, 5.74) is 1.77. The second-order valence-corrected chi connectivity index (χ2v) is 22.2. The van der Waals surface area contributed by atoms with Crippen LogP contribution in [0.5, 0.6) is 34.5 Å². The number of fused-ring (bicyclic) bond motifs is 2. The molecule has 484 valence electrons. The van der Waals surface area contributed by atoms with Gasteiger partial charge in [-0.05, 0) is 132 Å². The van der Waals surface area contributed by atoms with Crippen molar-refractivity contribution in [1.29, 1.82) is 0 Å². The lowest BCUT2D eigenvalue weighted by molar-refractivity contribution is -0.148. The minimum Gasteiger partial charge on any atom is -0.494 e. The summed E-state index contributed by atoms with van der Waals surface area (Å²) in [4.78, 5) is 51.2. The summed E-state index contributed by atoms with van der Waals surface area (Å²) in [5, 5.41) is 47.2. The van der Waals surface area contributed by atoms with Crippen LogP contribution in [0.1, 0.15) is 162 Å². The molecule has 18 nitrogen and oxygen atoms in total. The van der Waals surface area contributed by atoms with Gasteiger partial charge in [0.2, 0.25) is 0 Å². The van der Waals surface area contributed by atoms with E-state index in [9.17, 15) is 39.6 Å². The largest absolute Gasteiger partial charge is 0.494 e. The lowest BCUT2D eigenvalue weighted by Crippen LogP contribution is -2.26. The molecule has 4 unspecified atom stereocenters. The third-order valence-electron chi connectivity index (χ3n) is 14.6. The number of rotatable bonds is 44. The average molecular weight is 1230 g/mol. The molecule has 0 aliphatic rings. The fourth-order valence-electron chi connectivity index (χ4n) is 9.44. The number of hydrogen-bond donors (Lipinski definition) is 4. The predicted molar refractivity (Wildman–Crippen MR) is 340 cm³/mol. The minimum absolute atomic E-state index is 0.0834. The second kappa shape index (κ2) is 39.4. The molecule has 89 heavy (non-hydrogen) atoms. The molecule has 0 saturated carbocycles. The van der Waals surface area contributed by atoms with Crippen LogP contribution in [0.25, 0.3) is 21.5 Å². The van der Waals surface area contributed by atoms with E-state index in [0.717, 1.165) is 87.8 Å². The van der Waals surface area contributed by atoms with Crippen molar-refractivity contribution in [2.45, 2.75) is 161 Å². The van der Waals surface area contributed by atoms with E-state index in [2.05, 4.69) is 27.7 Å². The molecule has 0 fully saturated rings. The van der Waals surface area contributed by atoms with E-state index >= 15 is 0 Å². The molecule has 0 aromatic heterocycles. The highest BCUT2D eigenvalue weighted by Crippen LogP contribution is 2.39. The minimum atomic E-state index is -1.27. The van der Waals surface area contributed by atoms with Crippen molar-refractivity contribution in [2.24, 2.45) is 0 Å². The molecule has 0 amide bonds. The lowest BCUT2D eigenvalue weighted by atomic mass is 9.93. The average Bonchev–Trinajstić information content (AvgIpc) is 1.09. The Kier molecular flexibility index (Phi) is 31.2. The van der Waals surface area contributed by atoms with Crippen molar-refractivity contribution in [1.82, 2.24) is 0 Å². The van der Waals surface area contributed by atoms with E-state index < -0.39 is 42.3 Å². The Morgan fingerprint density at radius 1 is 0.348 bits per heavy atom. The summed E-state index contributed by atoms with van der Waals surface area (Å²) in [6, 6.07) is 31.1. The van der Waals surface area contributed by atoms with Crippen LogP contribution < -0.4 is 28.4 Å². The van der Waals surface area contributed by atoms with Gasteiger partial charge in [0.15, 0.2) is 0 Å². The summed E-state index contributed by atoms with van der Waals surface area (Å²) in [5.74, 6) is 0.638. The van der Waals surface area contributed by atoms with E-state index in [1.165, 1.54) is 0 Å². The number of esters is 4. The van der Waals surface area contributed by atoms with Gasteiger partial charge in [-0.15, -0.1) is 0 Å². The van der Waals surface area contributed by atoms with E-state index in [1.807, 2.05) is 24.3 Å². The van der Waals surface area contributed by atoms with Gasteiger partial charge >= 0.3 is 23.9 Å². The van der Waals surface area contributed by atoms with Crippen LogP contribution in [0.2, 0.25) is 0 Å². The number of aliphatic hydroxyl groups is 4. The van der Waals surface area contributed by atoms with E-state index in [0.29, 0.717) is 88.0 Å². The van der Waals surface area contributed by atoms with Crippen LogP contribution in [-0.4, -0.2) is 135 Å². The Bertz CT molecular complexity index is 3060. The van der Waals surface area contributed by atoms with E-state index in [1.54, 1.807) is 84.9 Å². The van der Waals surface area contributed by atoms with Gasteiger partial charge in [-0.25, -0.2) is 9.59 Å². The van der Waals surface area contributed by atoms with Gasteiger partial charge in [0.1, 0.15) is 112 Å². The molecule has 0 heterocycles. The van der Waals surface area contributed by atoms with Gasteiger partial charge in [-0.2, -0.15) is 0 Å². The lowest BCUT2D eigenvalue weighted by Gasteiger charge is -2.21. The molecule has 0 bridgehead atoms. The zero-order valence-electron chi connectivity index (χ0n) is 52.3. The van der Waals surface area contributed by atoms with Crippen molar-refractivity contribution in [3.05, 3.63) is 131 Å². The Morgan fingerprint density at radius 2 is 0.685 bits per heavy atom. The number of ether oxygens (including phenoxy) is 10. The third-order valence-corrected chi connectivity index (χ3v) is 14.6. The maximum atomic E-state index is 13.1. The van der Waals surface area contributed by atoms with Gasteiger partial charge < -0.3 is 67.8 Å². The molecule has 0 saturated heterocycles. The van der Waals surface area contributed by atoms with Crippen LogP contribution in [0, 0.1) is 0 Å². The number of benzene rings is 6. The van der Waals surface area contributed by atoms with Gasteiger partial charge in [0.05, 0.1) is 24.3 Å². The fraction of sp³-hybridized carbons (Fsp3) is 0.493. The highest BCUT2D eigenvalue weighted by molar-refractivity contribution is 5.93. The smallest absolute Gasteiger partial charge is 0.338 e.